The number of hydrogen-bond acceptors (Lipinski definition) is 5. The number of hydrogen-bond donors (Lipinski definition) is 1. The summed E-state index contributed by atoms with van der Waals surface area (Å²) < 4.78 is 0. The van der Waals surface area contributed by atoms with Gasteiger partial charge in [-0.15, -0.1) is 0 Å². The van der Waals surface area contributed by atoms with Gasteiger partial charge in [-0.05, 0) is 87.5 Å². The van der Waals surface area contributed by atoms with Gasteiger partial charge in [-0.3, -0.25) is 0 Å². The van der Waals surface area contributed by atoms with Crippen molar-refractivity contribution in [2.75, 3.05) is 14.2 Å². The topological polar surface area (TPSA) is 45.2 Å². The van der Waals surface area contributed by atoms with Gasteiger partial charge >= 0.3 is 0 Å². The second-order valence-electron chi connectivity index (χ2n) is 10.1. The first-order chi connectivity index (χ1) is 11.2. The lowest BCUT2D eigenvalue weighted by molar-refractivity contribution is -0.276. The molecule has 0 atom stereocenters. The maximum atomic E-state index is 9.71. The molecule has 0 bridgehead atoms. The van der Waals surface area contributed by atoms with Crippen LogP contribution < -0.4 is 0 Å². The van der Waals surface area contributed by atoms with E-state index in [2.05, 4.69) is 60.5 Å². The molecule has 25 heavy (non-hydrogen) atoms. The predicted molar refractivity (Wildman–Crippen MR) is 103 cm³/mol. The number of aliphatic hydroxyl groups is 1. The van der Waals surface area contributed by atoms with E-state index in [9.17, 15) is 5.11 Å². The molecule has 0 radical (unpaired) electrons. The van der Waals surface area contributed by atoms with Gasteiger partial charge in [0, 0.05) is 22.2 Å². The van der Waals surface area contributed by atoms with Crippen LogP contribution in [0.4, 0.5) is 0 Å². The SMILES string of the molecule is CON1C(C)(C)CC(O)CC1(C)C.CON1C(C)(C)CCCC1(C)C. The molecule has 150 valence electrons. The Bertz CT molecular complexity index is 399. The molecule has 1 N–H and O–H groups in total. The Hall–Kier alpha value is -0.200. The van der Waals surface area contributed by atoms with Gasteiger partial charge in [0.05, 0.1) is 20.3 Å². The number of piperidine rings is 2. The third-order valence-corrected chi connectivity index (χ3v) is 5.61. The van der Waals surface area contributed by atoms with Crippen molar-refractivity contribution in [2.24, 2.45) is 0 Å². The standard InChI is InChI=1S/C10H21NO2.C10H21NO/c1-9(2)6-8(12)7-10(3,4)11(9)13-5;1-9(2)7-6-8-10(3,4)11(9)12-5/h8,12H,6-7H2,1-5H3;6-8H2,1-5H3. The lowest BCUT2D eigenvalue weighted by Crippen LogP contribution is -2.61. The van der Waals surface area contributed by atoms with E-state index in [1.807, 2.05) is 5.06 Å². The minimum absolute atomic E-state index is 0.0874. The molecule has 2 aliphatic heterocycles. The summed E-state index contributed by atoms with van der Waals surface area (Å²) in [5.74, 6) is 0. The fourth-order valence-electron chi connectivity index (χ4n) is 5.18. The smallest absolute Gasteiger partial charge is 0.0576 e. The second kappa shape index (κ2) is 7.81. The summed E-state index contributed by atoms with van der Waals surface area (Å²) in [4.78, 5) is 10.8. The van der Waals surface area contributed by atoms with Crippen LogP contribution in [0, 0.1) is 0 Å². The zero-order valence-electron chi connectivity index (χ0n) is 18.3. The maximum Gasteiger partial charge on any atom is 0.0576 e. The summed E-state index contributed by atoms with van der Waals surface area (Å²) in [6.07, 6.45) is 5.08. The molecular formula is C20H42N2O3. The molecule has 0 aromatic carbocycles. The average Bonchev–Trinajstić information content (AvgIpc) is 2.34. The normalized spacial score (nSPS) is 28.9. The van der Waals surface area contributed by atoms with E-state index < -0.39 is 0 Å². The monoisotopic (exact) mass is 358 g/mol. The molecule has 0 aromatic heterocycles. The predicted octanol–water partition coefficient (Wildman–Crippen LogP) is 4.15. The van der Waals surface area contributed by atoms with Crippen LogP contribution in [0.2, 0.25) is 0 Å². The summed E-state index contributed by atoms with van der Waals surface area (Å²) in [7, 11) is 3.47. The molecule has 5 heteroatoms. The van der Waals surface area contributed by atoms with Gasteiger partial charge in [0.1, 0.15) is 0 Å². The Morgan fingerprint density at radius 1 is 0.680 bits per heavy atom. The zero-order chi connectivity index (χ0) is 19.7. The van der Waals surface area contributed by atoms with Gasteiger partial charge in [0.15, 0.2) is 0 Å². The molecule has 2 saturated heterocycles. The van der Waals surface area contributed by atoms with Crippen LogP contribution in [0.5, 0.6) is 0 Å². The lowest BCUT2D eigenvalue weighted by Gasteiger charge is -2.52. The van der Waals surface area contributed by atoms with Crippen molar-refractivity contribution in [1.29, 1.82) is 0 Å². The highest BCUT2D eigenvalue weighted by Crippen LogP contribution is 2.38. The molecular weight excluding hydrogens is 316 g/mol. The van der Waals surface area contributed by atoms with Gasteiger partial charge < -0.3 is 14.8 Å². The first kappa shape index (κ1) is 22.8. The first-order valence-electron chi connectivity index (χ1n) is 9.56. The van der Waals surface area contributed by atoms with E-state index in [0.29, 0.717) is 0 Å². The fraction of sp³-hybridized carbons (Fsp3) is 1.00. The van der Waals surface area contributed by atoms with Crippen molar-refractivity contribution in [2.45, 2.75) is 116 Å². The lowest BCUT2D eigenvalue weighted by atomic mass is 9.80. The third-order valence-electron chi connectivity index (χ3n) is 5.61. The van der Waals surface area contributed by atoms with Crippen molar-refractivity contribution < 1.29 is 14.8 Å². The summed E-state index contributed by atoms with van der Waals surface area (Å²) >= 11 is 0. The molecule has 0 amide bonds. The van der Waals surface area contributed by atoms with E-state index in [1.54, 1.807) is 14.2 Å². The summed E-state index contributed by atoms with van der Waals surface area (Å²) in [6, 6.07) is 0. The van der Waals surface area contributed by atoms with Crippen LogP contribution in [0.25, 0.3) is 0 Å². The third kappa shape index (κ3) is 5.39. The molecule has 5 nitrogen and oxygen atoms in total. The van der Waals surface area contributed by atoms with E-state index in [0.717, 1.165) is 12.8 Å². The Balaban J connectivity index is 0.000000251. The second-order valence-corrected chi connectivity index (χ2v) is 10.1. The quantitative estimate of drug-likeness (QED) is 0.803. The van der Waals surface area contributed by atoms with Crippen LogP contribution >= 0.6 is 0 Å². The van der Waals surface area contributed by atoms with Crippen molar-refractivity contribution in [1.82, 2.24) is 10.1 Å². The van der Waals surface area contributed by atoms with Gasteiger partial charge in [-0.25, -0.2) is 0 Å². The molecule has 0 saturated carbocycles. The number of aliphatic hydroxyl groups excluding tert-OH is 1. The highest BCUT2D eigenvalue weighted by Gasteiger charge is 2.45. The Labute approximate surface area is 155 Å². The number of rotatable bonds is 2. The molecule has 0 spiro atoms. The Kier molecular flexibility index (Phi) is 7.14. The summed E-state index contributed by atoms with van der Waals surface area (Å²) in [5.41, 5.74) is 0.207. The van der Waals surface area contributed by atoms with Crippen LogP contribution in [0.15, 0.2) is 0 Å². The molecule has 2 heterocycles. The van der Waals surface area contributed by atoms with Crippen molar-refractivity contribution in [3.63, 3.8) is 0 Å². The highest BCUT2D eigenvalue weighted by atomic mass is 16.7. The minimum atomic E-state index is -0.212. The minimum Gasteiger partial charge on any atom is -0.393 e. The van der Waals surface area contributed by atoms with Gasteiger partial charge in [-0.2, -0.15) is 10.1 Å². The molecule has 2 aliphatic rings. The molecule has 2 rings (SSSR count). The van der Waals surface area contributed by atoms with Crippen LogP contribution in [-0.2, 0) is 9.68 Å². The number of nitrogens with zero attached hydrogens (tertiary/aromatic N) is 2. The maximum absolute atomic E-state index is 9.71. The zero-order valence-corrected chi connectivity index (χ0v) is 18.3. The van der Waals surface area contributed by atoms with Crippen molar-refractivity contribution >= 4 is 0 Å². The van der Waals surface area contributed by atoms with Crippen molar-refractivity contribution in [3.05, 3.63) is 0 Å². The van der Waals surface area contributed by atoms with Crippen LogP contribution in [0.3, 0.4) is 0 Å². The van der Waals surface area contributed by atoms with Crippen LogP contribution in [0.1, 0.15) is 87.5 Å². The van der Waals surface area contributed by atoms with E-state index in [-0.39, 0.29) is 28.3 Å². The average molecular weight is 359 g/mol. The summed E-state index contributed by atoms with van der Waals surface area (Å²) in [5, 5.41) is 13.8. The van der Waals surface area contributed by atoms with E-state index in [1.165, 1.54) is 19.3 Å². The molecule has 0 aromatic rings. The van der Waals surface area contributed by atoms with Gasteiger partial charge in [0.25, 0.3) is 0 Å². The molecule has 0 unspecified atom stereocenters. The first-order valence-corrected chi connectivity index (χ1v) is 9.56. The van der Waals surface area contributed by atoms with E-state index >= 15 is 0 Å². The Morgan fingerprint density at radius 2 is 1.00 bits per heavy atom. The van der Waals surface area contributed by atoms with Crippen molar-refractivity contribution in [3.8, 4) is 0 Å². The number of hydroxylamine groups is 4. The molecule has 0 aliphatic carbocycles. The Morgan fingerprint density at radius 3 is 1.28 bits per heavy atom. The molecule has 2 fully saturated rings. The van der Waals surface area contributed by atoms with E-state index in [4.69, 9.17) is 9.68 Å². The fourth-order valence-corrected chi connectivity index (χ4v) is 5.18. The van der Waals surface area contributed by atoms with Crippen LogP contribution in [-0.4, -0.2) is 57.7 Å². The van der Waals surface area contributed by atoms with Gasteiger partial charge in [0.2, 0.25) is 0 Å². The largest absolute Gasteiger partial charge is 0.393 e. The highest BCUT2D eigenvalue weighted by molar-refractivity contribution is 4.96. The summed E-state index contributed by atoms with van der Waals surface area (Å²) in [6.45, 7) is 17.4. The van der Waals surface area contributed by atoms with Gasteiger partial charge in [-0.1, -0.05) is 0 Å².